The van der Waals surface area contributed by atoms with Gasteiger partial charge in [0.05, 0.1) is 5.01 Å². The quantitative estimate of drug-likeness (QED) is 0.744. The molecule has 0 aliphatic carbocycles. The lowest BCUT2D eigenvalue weighted by molar-refractivity contribution is 0.598. The van der Waals surface area contributed by atoms with Crippen molar-refractivity contribution < 1.29 is 0 Å². The summed E-state index contributed by atoms with van der Waals surface area (Å²) in [5.74, 6) is 0.759. The molecular weight excluding hydrogens is 234 g/mol. The van der Waals surface area contributed by atoms with Crippen molar-refractivity contribution in [3.05, 3.63) is 16.1 Å². The third-order valence-corrected chi connectivity index (χ3v) is 3.91. The summed E-state index contributed by atoms with van der Waals surface area (Å²) in [7, 11) is 0. The molecule has 3 heteroatoms. The lowest BCUT2D eigenvalue weighted by atomic mass is 10.1. The van der Waals surface area contributed by atoms with E-state index in [-0.39, 0.29) is 0 Å². The van der Waals surface area contributed by atoms with Crippen LogP contribution in [-0.4, -0.2) is 10.3 Å². The van der Waals surface area contributed by atoms with Crippen LogP contribution in [0.3, 0.4) is 0 Å². The normalized spacial score (nSPS) is 13.2. The number of hydrogen-bond donors (Lipinski definition) is 0. The third kappa shape index (κ3) is 3.23. The Bertz CT molecular complexity index is 234. The van der Waals surface area contributed by atoms with Crippen LogP contribution >= 0.6 is 27.3 Å². The zero-order chi connectivity index (χ0) is 8.97. The van der Waals surface area contributed by atoms with Crippen molar-refractivity contribution in [3.63, 3.8) is 0 Å². The second-order valence-corrected chi connectivity index (χ2v) is 4.77. The maximum atomic E-state index is 4.42. The van der Waals surface area contributed by atoms with Crippen LogP contribution in [0.5, 0.6) is 0 Å². The van der Waals surface area contributed by atoms with Gasteiger partial charge in [-0.1, -0.05) is 22.9 Å². The van der Waals surface area contributed by atoms with Crippen molar-refractivity contribution in [3.8, 4) is 0 Å². The van der Waals surface area contributed by atoms with Crippen molar-refractivity contribution in [1.82, 2.24) is 4.98 Å². The molecule has 68 valence electrons. The van der Waals surface area contributed by atoms with Gasteiger partial charge in [0, 0.05) is 16.4 Å². The van der Waals surface area contributed by atoms with E-state index in [1.807, 2.05) is 6.92 Å². The number of aryl methyl sites for hydroxylation is 2. The molecule has 12 heavy (non-hydrogen) atoms. The predicted molar refractivity (Wildman–Crippen MR) is 58.1 cm³/mol. The minimum Gasteiger partial charge on any atom is -0.247 e. The van der Waals surface area contributed by atoms with Crippen LogP contribution in [0.4, 0.5) is 0 Å². The molecule has 1 rings (SSSR count). The highest BCUT2D eigenvalue weighted by Gasteiger charge is 2.02. The minimum absolute atomic E-state index is 0.759. The molecule has 0 fully saturated rings. The molecule has 1 aromatic rings. The molecule has 0 aromatic carbocycles. The fourth-order valence-corrected chi connectivity index (χ4v) is 2.08. The Kier molecular flexibility index (Phi) is 4.22. The highest BCUT2D eigenvalue weighted by molar-refractivity contribution is 9.09. The Balaban J connectivity index is 2.33. The number of nitrogens with zero attached hydrogens (tertiary/aromatic N) is 1. The smallest absolute Gasteiger partial charge is 0.0928 e. The Morgan fingerprint density at radius 1 is 1.67 bits per heavy atom. The zero-order valence-electron chi connectivity index (χ0n) is 7.51. The molecular formula is C9H14BrNS. The van der Waals surface area contributed by atoms with Gasteiger partial charge in [0.15, 0.2) is 0 Å². The van der Waals surface area contributed by atoms with Gasteiger partial charge in [0.25, 0.3) is 0 Å². The fraction of sp³-hybridized carbons (Fsp3) is 0.667. The molecule has 0 saturated carbocycles. The summed E-state index contributed by atoms with van der Waals surface area (Å²) in [6.45, 7) is 4.31. The van der Waals surface area contributed by atoms with Gasteiger partial charge >= 0.3 is 0 Å². The van der Waals surface area contributed by atoms with Crippen molar-refractivity contribution in [2.45, 2.75) is 26.7 Å². The summed E-state index contributed by atoms with van der Waals surface area (Å²) in [5, 5.41) is 4.49. The number of alkyl halides is 1. The number of thiazole rings is 1. The lowest BCUT2D eigenvalue weighted by Gasteiger charge is -2.03. The fourth-order valence-electron chi connectivity index (χ4n) is 0.965. The highest BCUT2D eigenvalue weighted by atomic mass is 79.9. The van der Waals surface area contributed by atoms with Crippen molar-refractivity contribution in [2.75, 3.05) is 5.33 Å². The molecule has 0 aliphatic rings. The second kappa shape index (κ2) is 4.97. The van der Waals surface area contributed by atoms with E-state index < -0.39 is 0 Å². The first-order valence-corrected chi connectivity index (χ1v) is 6.19. The maximum Gasteiger partial charge on any atom is 0.0928 e. The van der Waals surface area contributed by atoms with E-state index in [1.54, 1.807) is 11.3 Å². The number of halogens is 1. The Morgan fingerprint density at radius 3 is 2.92 bits per heavy atom. The van der Waals surface area contributed by atoms with Gasteiger partial charge in [-0.25, -0.2) is 4.98 Å². The second-order valence-electron chi connectivity index (χ2n) is 3.18. The number of rotatable bonds is 4. The van der Waals surface area contributed by atoms with Crippen molar-refractivity contribution >= 4 is 27.3 Å². The number of aromatic nitrogens is 1. The molecule has 0 spiro atoms. The monoisotopic (exact) mass is 247 g/mol. The molecule has 0 bridgehead atoms. The van der Waals surface area contributed by atoms with Crippen molar-refractivity contribution in [1.29, 1.82) is 0 Å². The van der Waals surface area contributed by atoms with Gasteiger partial charge in [0.2, 0.25) is 0 Å². The van der Waals surface area contributed by atoms with E-state index in [9.17, 15) is 0 Å². The Morgan fingerprint density at radius 2 is 2.42 bits per heavy atom. The maximum absolute atomic E-state index is 4.42. The van der Waals surface area contributed by atoms with E-state index in [1.165, 1.54) is 11.4 Å². The van der Waals surface area contributed by atoms with Crippen LogP contribution in [0.15, 0.2) is 5.38 Å². The molecule has 1 unspecified atom stereocenters. The Labute approximate surface area is 86.3 Å². The molecule has 1 nitrogen and oxygen atoms in total. The van der Waals surface area contributed by atoms with E-state index >= 15 is 0 Å². The average Bonchev–Trinajstić information content (AvgIpc) is 2.47. The summed E-state index contributed by atoms with van der Waals surface area (Å²) in [6, 6.07) is 0. The largest absolute Gasteiger partial charge is 0.247 e. The van der Waals surface area contributed by atoms with Crippen LogP contribution < -0.4 is 0 Å². The third-order valence-electron chi connectivity index (χ3n) is 1.78. The summed E-state index contributed by atoms with van der Waals surface area (Å²) < 4.78 is 0. The van der Waals surface area contributed by atoms with E-state index in [2.05, 4.69) is 33.2 Å². The lowest BCUT2D eigenvalue weighted by Crippen LogP contribution is -1.97. The van der Waals surface area contributed by atoms with E-state index in [0.29, 0.717) is 0 Å². The van der Waals surface area contributed by atoms with E-state index in [0.717, 1.165) is 23.4 Å². The Hall–Kier alpha value is 0.110. The summed E-state index contributed by atoms with van der Waals surface area (Å²) in [5.41, 5.74) is 1.15. The molecule has 0 radical (unpaired) electrons. The van der Waals surface area contributed by atoms with Gasteiger partial charge < -0.3 is 0 Å². The molecule has 0 saturated heterocycles. The van der Waals surface area contributed by atoms with Crippen LogP contribution in [0.2, 0.25) is 0 Å². The van der Waals surface area contributed by atoms with Gasteiger partial charge in [-0.05, 0) is 25.7 Å². The SMILES string of the molecule is Cc1csc(CCC(C)CBr)n1. The molecule has 1 aromatic heterocycles. The van der Waals surface area contributed by atoms with Crippen molar-refractivity contribution in [2.24, 2.45) is 5.92 Å². The van der Waals surface area contributed by atoms with Crippen LogP contribution in [0.25, 0.3) is 0 Å². The zero-order valence-corrected chi connectivity index (χ0v) is 9.91. The van der Waals surface area contributed by atoms with Gasteiger partial charge in [-0.3, -0.25) is 0 Å². The van der Waals surface area contributed by atoms with Gasteiger partial charge in [-0.2, -0.15) is 0 Å². The first-order chi connectivity index (χ1) is 5.72. The van der Waals surface area contributed by atoms with Crippen LogP contribution in [0, 0.1) is 12.8 Å². The van der Waals surface area contributed by atoms with Crippen LogP contribution in [-0.2, 0) is 6.42 Å². The number of hydrogen-bond acceptors (Lipinski definition) is 2. The van der Waals surface area contributed by atoms with E-state index in [4.69, 9.17) is 0 Å². The first-order valence-electron chi connectivity index (χ1n) is 4.19. The molecule has 1 atom stereocenters. The van der Waals surface area contributed by atoms with Crippen LogP contribution in [0.1, 0.15) is 24.0 Å². The standard InChI is InChI=1S/C9H14BrNS/c1-7(5-10)3-4-9-11-8(2)6-12-9/h6-7H,3-5H2,1-2H3. The molecule has 0 N–H and O–H groups in total. The van der Waals surface area contributed by atoms with Gasteiger partial charge in [0.1, 0.15) is 0 Å². The van der Waals surface area contributed by atoms with Gasteiger partial charge in [-0.15, -0.1) is 11.3 Å². The topological polar surface area (TPSA) is 12.9 Å². The summed E-state index contributed by atoms with van der Waals surface area (Å²) in [4.78, 5) is 4.42. The summed E-state index contributed by atoms with van der Waals surface area (Å²) >= 11 is 5.25. The highest BCUT2D eigenvalue weighted by Crippen LogP contribution is 2.14. The predicted octanol–water partition coefficient (Wildman–Crippen LogP) is 3.42. The minimum atomic E-state index is 0.759. The molecule has 0 aliphatic heterocycles. The molecule has 0 amide bonds. The first kappa shape index (κ1) is 10.2. The average molecular weight is 248 g/mol. The molecule has 1 heterocycles. The summed E-state index contributed by atoms with van der Waals surface area (Å²) in [6.07, 6.45) is 2.36.